The highest BCUT2D eigenvalue weighted by Crippen LogP contribution is 2.23. The topological polar surface area (TPSA) is 61.8 Å². The molecule has 2 aromatic carbocycles. The molecular formula is C20H24N2O3. The molecule has 5 nitrogen and oxygen atoms in total. The van der Waals surface area contributed by atoms with Crippen LogP contribution in [0.25, 0.3) is 0 Å². The number of piperidine rings is 1. The van der Waals surface area contributed by atoms with Crippen molar-refractivity contribution in [3.63, 3.8) is 0 Å². The van der Waals surface area contributed by atoms with Crippen molar-refractivity contribution in [1.29, 1.82) is 0 Å². The number of methoxy groups -OCH3 is 1. The van der Waals surface area contributed by atoms with Crippen molar-refractivity contribution < 1.29 is 14.6 Å². The average Bonchev–Trinajstić information content (AvgIpc) is 2.68. The van der Waals surface area contributed by atoms with Gasteiger partial charge in [0, 0.05) is 24.5 Å². The van der Waals surface area contributed by atoms with Gasteiger partial charge in [-0.2, -0.15) is 0 Å². The molecule has 3 rings (SSSR count). The van der Waals surface area contributed by atoms with E-state index in [0.29, 0.717) is 17.0 Å². The number of rotatable bonds is 5. The summed E-state index contributed by atoms with van der Waals surface area (Å²) < 4.78 is 5.13. The highest BCUT2D eigenvalue weighted by molar-refractivity contribution is 5.94. The van der Waals surface area contributed by atoms with E-state index in [4.69, 9.17) is 4.74 Å². The third-order valence-corrected chi connectivity index (χ3v) is 4.51. The molecule has 25 heavy (non-hydrogen) atoms. The number of nitrogens with zero attached hydrogens (tertiary/aromatic N) is 1. The van der Waals surface area contributed by atoms with Gasteiger partial charge in [0.05, 0.1) is 7.11 Å². The Labute approximate surface area is 148 Å². The molecule has 0 bridgehead atoms. The van der Waals surface area contributed by atoms with E-state index in [1.807, 2.05) is 24.3 Å². The van der Waals surface area contributed by atoms with Crippen LogP contribution in [-0.4, -0.2) is 31.2 Å². The average molecular weight is 340 g/mol. The van der Waals surface area contributed by atoms with Gasteiger partial charge < -0.3 is 20.1 Å². The summed E-state index contributed by atoms with van der Waals surface area (Å²) >= 11 is 0. The van der Waals surface area contributed by atoms with E-state index in [1.165, 1.54) is 24.9 Å². The van der Waals surface area contributed by atoms with E-state index in [2.05, 4.69) is 10.2 Å². The summed E-state index contributed by atoms with van der Waals surface area (Å²) in [6.45, 7) is 2.17. The van der Waals surface area contributed by atoms with Gasteiger partial charge in [-0.05, 0) is 61.2 Å². The van der Waals surface area contributed by atoms with E-state index in [9.17, 15) is 9.90 Å². The highest BCUT2D eigenvalue weighted by atomic mass is 16.5. The van der Waals surface area contributed by atoms with Crippen LogP contribution in [0.1, 0.15) is 30.9 Å². The Kier molecular flexibility index (Phi) is 5.56. The fraction of sp³-hybridized carbons (Fsp3) is 0.350. The molecule has 132 valence electrons. The molecule has 0 spiro atoms. The van der Waals surface area contributed by atoms with Gasteiger partial charge in [0.15, 0.2) is 6.10 Å². The zero-order valence-corrected chi connectivity index (χ0v) is 14.4. The quantitative estimate of drug-likeness (QED) is 0.876. The Hall–Kier alpha value is -2.53. The van der Waals surface area contributed by atoms with Gasteiger partial charge in [-0.25, -0.2) is 0 Å². The standard InChI is InChI=1S/C20H24N2O3/c1-25-18-7-5-6-15(14-18)19(23)20(24)21-16-8-10-17(11-9-16)22-12-3-2-4-13-22/h5-11,14,19,23H,2-4,12-13H2,1H3,(H,21,24). The molecule has 0 aromatic heterocycles. The van der Waals surface area contributed by atoms with Crippen LogP contribution < -0.4 is 15.0 Å². The first kappa shape index (κ1) is 17.3. The number of benzene rings is 2. The first-order valence-electron chi connectivity index (χ1n) is 8.65. The predicted molar refractivity (Wildman–Crippen MR) is 99.1 cm³/mol. The third-order valence-electron chi connectivity index (χ3n) is 4.51. The minimum atomic E-state index is -1.24. The normalized spacial score (nSPS) is 15.5. The molecule has 1 unspecified atom stereocenters. The monoisotopic (exact) mass is 340 g/mol. The number of ether oxygens (including phenoxy) is 1. The van der Waals surface area contributed by atoms with Crippen LogP contribution in [0.2, 0.25) is 0 Å². The maximum absolute atomic E-state index is 12.3. The molecule has 0 radical (unpaired) electrons. The summed E-state index contributed by atoms with van der Waals surface area (Å²) in [5.41, 5.74) is 2.35. The fourth-order valence-electron chi connectivity index (χ4n) is 3.08. The molecule has 5 heteroatoms. The number of hydrogen-bond acceptors (Lipinski definition) is 4. The molecule has 1 aliphatic heterocycles. The van der Waals surface area contributed by atoms with E-state index in [0.717, 1.165) is 13.1 Å². The van der Waals surface area contributed by atoms with Gasteiger partial charge in [0.1, 0.15) is 5.75 Å². The maximum atomic E-state index is 12.3. The fourth-order valence-corrected chi connectivity index (χ4v) is 3.08. The Balaban J connectivity index is 1.63. The van der Waals surface area contributed by atoms with E-state index >= 15 is 0 Å². The molecule has 2 N–H and O–H groups in total. The number of anilines is 2. The molecule has 1 saturated heterocycles. The number of carbonyl (C=O) groups is 1. The number of nitrogens with one attached hydrogen (secondary N) is 1. The number of aliphatic hydroxyl groups excluding tert-OH is 1. The van der Waals surface area contributed by atoms with Gasteiger partial charge in [-0.1, -0.05) is 12.1 Å². The number of aliphatic hydroxyl groups is 1. The first-order valence-corrected chi connectivity index (χ1v) is 8.65. The van der Waals surface area contributed by atoms with Gasteiger partial charge in [0.2, 0.25) is 0 Å². The zero-order chi connectivity index (χ0) is 17.6. The first-order chi connectivity index (χ1) is 12.2. The predicted octanol–water partition coefficient (Wildman–Crippen LogP) is 3.36. The summed E-state index contributed by atoms with van der Waals surface area (Å²) in [6.07, 6.45) is 2.51. The minimum Gasteiger partial charge on any atom is -0.497 e. The largest absolute Gasteiger partial charge is 0.497 e. The summed E-state index contributed by atoms with van der Waals surface area (Å²) in [4.78, 5) is 14.6. The van der Waals surface area contributed by atoms with Crippen LogP contribution >= 0.6 is 0 Å². The number of amides is 1. The minimum absolute atomic E-state index is 0.459. The second-order valence-corrected chi connectivity index (χ2v) is 6.26. The lowest BCUT2D eigenvalue weighted by molar-refractivity contribution is -0.124. The van der Waals surface area contributed by atoms with E-state index < -0.39 is 12.0 Å². The molecule has 1 atom stereocenters. The lowest BCUT2D eigenvalue weighted by Gasteiger charge is -2.28. The van der Waals surface area contributed by atoms with Crippen molar-refractivity contribution in [2.24, 2.45) is 0 Å². The van der Waals surface area contributed by atoms with Crippen LogP contribution in [0.15, 0.2) is 48.5 Å². The molecule has 0 saturated carbocycles. The van der Waals surface area contributed by atoms with E-state index in [-0.39, 0.29) is 0 Å². The second kappa shape index (κ2) is 8.03. The van der Waals surface area contributed by atoms with Crippen LogP contribution in [0.3, 0.4) is 0 Å². The molecule has 1 amide bonds. The van der Waals surface area contributed by atoms with E-state index in [1.54, 1.807) is 31.4 Å². The Morgan fingerprint density at radius 2 is 1.84 bits per heavy atom. The van der Waals surface area contributed by atoms with Crippen molar-refractivity contribution in [3.8, 4) is 5.75 Å². The molecule has 2 aromatic rings. The number of hydrogen-bond donors (Lipinski definition) is 2. The van der Waals surface area contributed by atoms with Crippen LogP contribution in [0, 0.1) is 0 Å². The van der Waals surface area contributed by atoms with Gasteiger partial charge in [0.25, 0.3) is 5.91 Å². The summed E-state index contributed by atoms with van der Waals surface area (Å²) in [5.74, 6) is 0.147. The molecular weight excluding hydrogens is 316 g/mol. The third kappa shape index (κ3) is 4.31. The van der Waals surface area contributed by atoms with Crippen molar-refractivity contribution in [1.82, 2.24) is 0 Å². The lowest BCUT2D eigenvalue weighted by atomic mass is 10.1. The lowest BCUT2D eigenvalue weighted by Crippen LogP contribution is -2.29. The zero-order valence-electron chi connectivity index (χ0n) is 14.4. The summed E-state index contributed by atoms with van der Waals surface area (Å²) in [5, 5.41) is 13.0. The highest BCUT2D eigenvalue weighted by Gasteiger charge is 2.18. The number of carbonyl (C=O) groups excluding carboxylic acids is 1. The van der Waals surface area contributed by atoms with Crippen LogP contribution in [-0.2, 0) is 4.79 Å². The molecule has 1 fully saturated rings. The van der Waals surface area contributed by atoms with Crippen molar-refractivity contribution >= 4 is 17.3 Å². The van der Waals surface area contributed by atoms with Gasteiger partial charge in [-0.15, -0.1) is 0 Å². The van der Waals surface area contributed by atoms with Gasteiger partial charge in [-0.3, -0.25) is 4.79 Å². The van der Waals surface area contributed by atoms with Crippen LogP contribution in [0.4, 0.5) is 11.4 Å². The van der Waals surface area contributed by atoms with Crippen molar-refractivity contribution in [2.45, 2.75) is 25.4 Å². The Morgan fingerprint density at radius 3 is 2.52 bits per heavy atom. The Morgan fingerprint density at radius 1 is 1.12 bits per heavy atom. The second-order valence-electron chi connectivity index (χ2n) is 6.26. The molecule has 0 aliphatic carbocycles. The van der Waals surface area contributed by atoms with Gasteiger partial charge >= 0.3 is 0 Å². The molecule has 1 aliphatic rings. The SMILES string of the molecule is COc1cccc(C(O)C(=O)Nc2ccc(N3CCCCC3)cc2)c1. The maximum Gasteiger partial charge on any atom is 0.257 e. The Bertz CT molecular complexity index is 709. The van der Waals surface area contributed by atoms with Crippen molar-refractivity contribution in [3.05, 3.63) is 54.1 Å². The summed E-state index contributed by atoms with van der Waals surface area (Å²) in [6, 6.07) is 14.7. The smallest absolute Gasteiger partial charge is 0.257 e. The van der Waals surface area contributed by atoms with Crippen LogP contribution in [0.5, 0.6) is 5.75 Å². The van der Waals surface area contributed by atoms with Crippen molar-refractivity contribution in [2.75, 3.05) is 30.4 Å². The molecule has 1 heterocycles. The summed E-state index contributed by atoms with van der Waals surface area (Å²) in [7, 11) is 1.55.